The fraction of sp³-hybridized carbons (Fsp3) is 0.364. The van der Waals surface area contributed by atoms with E-state index in [2.05, 4.69) is 10.3 Å². The second kappa shape index (κ2) is 9.78. The highest BCUT2D eigenvalue weighted by molar-refractivity contribution is 7.99. The first-order valence-corrected chi connectivity index (χ1v) is 13.9. The molecule has 0 unspecified atom stereocenters. The van der Waals surface area contributed by atoms with Crippen LogP contribution < -0.4 is 10.1 Å². The van der Waals surface area contributed by atoms with Crippen LogP contribution in [0.25, 0.3) is 10.2 Å². The van der Waals surface area contributed by atoms with E-state index in [0.717, 1.165) is 15.1 Å². The maximum Gasteiger partial charge on any atom is 0.244 e. The number of benzene rings is 2. The summed E-state index contributed by atoms with van der Waals surface area (Å²) in [6.45, 7) is 3.09. The quantitative estimate of drug-likeness (QED) is 0.491. The number of thioether (sulfide) groups is 1. The first-order valence-electron chi connectivity index (χ1n) is 10.4. The van der Waals surface area contributed by atoms with Crippen molar-refractivity contribution in [3.05, 3.63) is 42.5 Å². The van der Waals surface area contributed by atoms with Crippen LogP contribution in [0.5, 0.6) is 5.75 Å². The number of para-hydroxylation sites is 1. The van der Waals surface area contributed by atoms with Crippen molar-refractivity contribution in [3.8, 4) is 5.75 Å². The molecule has 4 rings (SSSR count). The molecule has 1 aromatic heterocycles. The van der Waals surface area contributed by atoms with Crippen LogP contribution in [0.3, 0.4) is 0 Å². The molecule has 0 aliphatic carbocycles. The van der Waals surface area contributed by atoms with E-state index in [4.69, 9.17) is 4.74 Å². The van der Waals surface area contributed by atoms with Crippen molar-refractivity contribution in [2.75, 3.05) is 31.3 Å². The van der Waals surface area contributed by atoms with Crippen LogP contribution in [0.4, 0.5) is 5.13 Å². The predicted molar refractivity (Wildman–Crippen MR) is 129 cm³/mol. The number of ether oxygens (including phenoxy) is 1. The highest BCUT2D eigenvalue weighted by atomic mass is 32.2. The first-order chi connectivity index (χ1) is 15.4. The summed E-state index contributed by atoms with van der Waals surface area (Å²) in [5.41, 5.74) is 0.739. The third kappa shape index (κ3) is 4.63. The molecule has 0 saturated carbocycles. The number of thiazole rings is 1. The summed E-state index contributed by atoms with van der Waals surface area (Å²) in [5, 5.41) is 3.44. The van der Waals surface area contributed by atoms with Gasteiger partial charge in [-0.25, -0.2) is 13.4 Å². The van der Waals surface area contributed by atoms with Crippen molar-refractivity contribution >= 4 is 54.4 Å². The van der Waals surface area contributed by atoms with E-state index in [1.165, 1.54) is 27.4 Å². The molecule has 3 aromatic rings. The Balaban J connectivity index is 1.42. The van der Waals surface area contributed by atoms with E-state index in [-0.39, 0.29) is 11.8 Å². The van der Waals surface area contributed by atoms with Gasteiger partial charge >= 0.3 is 0 Å². The highest BCUT2D eigenvalue weighted by Crippen LogP contribution is 2.34. The van der Waals surface area contributed by atoms with Crippen molar-refractivity contribution in [1.82, 2.24) is 9.29 Å². The Bertz CT molecular complexity index is 1220. The zero-order chi connectivity index (χ0) is 22.7. The molecule has 2 aromatic carbocycles. The van der Waals surface area contributed by atoms with E-state index in [0.29, 0.717) is 48.3 Å². The summed E-state index contributed by atoms with van der Waals surface area (Å²) >= 11 is 2.82. The van der Waals surface area contributed by atoms with Gasteiger partial charge in [0.25, 0.3) is 0 Å². The molecule has 1 saturated heterocycles. The summed E-state index contributed by atoms with van der Waals surface area (Å²) < 4.78 is 34.3. The number of carbonyl (C=O) groups is 1. The van der Waals surface area contributed by atoms with Gasteiger partial charge in [0.1, 0.15) is 11.3 Å². The second-order valence-electron chi connectivity index (χ2n) is 7.37. The van der Waals surface area contributed by atoms with E-state index in [1.54, 1.807) is 12.1 Å². The van der Waals surface area contributed by atoms with Crippen LogP contribution in [0, 0.1) is 5.92 Å². The summed E-state index contributed by atoms with van der Waals surface area (Å²) in [6, 6.07) is 12.7. The van der Waals surface area contributed by atoms with E-state index in [9.17, 15) is 13.2 Å². The van der Waals surface area contributed by atoms with Gasteiger partial charge in [-0.2, -0.15) is 4.31 Å². The molecule has 1 aliphatic heterocycles. The second-order valence-corrected chi connectivity index (χ2v) is 11.2. The average Bonchev–Trinajstić information content (AvgIpc) is 3.22. The number of fused-ring (bicyclic) bond motifs is 1. The maximum atomic E-state index is 13.1. The normalized spacial score (nSPS) is 15.7. The van der Waals surface area contributed by atoms with Crippen molar-refractivity contribution in [3.63, 3.8) is 0 Å². The molecule has 0 spiro atoms. The van der Waals surface area contributed by atoms with Gasteiger partial charge in [0.2, 0.25) is 15.9 Å². The van der Waals surface area contributed by atoms with E-state index < -0.39 is 10.0 Å². The van der Waals surface area contributed by atoms with Crippen molar-refractivity contribution in [2.24, 2.45) is 5.92 Å². The molecule has 1 aliphatic rings. The number of hydrogen-bond acceptors (Lipinski definition) is 7. The molecular formula is C22H25N3O4S3. The lowest BCUT2D eigenvalue weighted by molar-refractivity contribution is -0.120. The number of hydrogen-bond donors (Lipinski definition) is 1. The number of nitrogens with one attached hydrogen (secondary N) is 1. The monoisotopic (exact) mass is 491 g/mol. The molecule has 7 nitrogen and oxygen atoms in total. The molecule has 0 radical (unpaired) electrons. The van der Waals surface area contributed by atoms with Crippen LogP contribution in [0.15, 0.2) is 52.3 Å². The molecule has 1 fully saturated rings. The number of anilines is 1. The fourth-order valence-electron chi connectivity index (χ4n) is 3.79. The summed E-state index contributed by atoms with van der Waals surface area (Å²) in [7, 11) is -3.58. The van der Waals surface area contributed by atoms with Crippen molar-refractivity contribution in [2.45, 2.75) is 29.6 Å². The largest absolute Gasteiger partial charge is 0.492 e. The topological polar surface area (TPSA) is 88.6 Å². The van der Waals surface area contributed by atoms with Gasteiger partial charge in [-0.1, -0.05) is 29.5 Å². The highest BCUT2D eigenvalue weighted by Gasteiger charge is 2.33. The van der Waals surface area contributed by atoms with Gasteiger partial charge in [-0.15, -0.1) is 11.8 Å². The van der Waals surface area contributed by atoms with Gasteiger partial charge in [0.15, 0.2) is 5.13 Å². The van der Waals surface area contributed by atoms with Crippen LogP contribution in [-0.2, 0) is 14.8 Å². The summed E-state index contributed by atoms with van der Waals surface area (Å²) in [6.07, 6.45) is 2.81. The van der Waals surface area contributed by atoms with Crippen LogP contribution >= 0.6 is 23.1 Å². The first kappa shape index (κ1) is 23.0. The lowest BCUT2D eigenvalue weighted by Gasteiger charge is -2.30. The van der Waals surface area contributed by atoms with Crippen LogP contribution in [0.2, 0.25) is 0 Å². The Morgan fingerprint density at radius 2 is 1.97 bits per heavy atom. The molecule has 0 atom stereocenters. The number of sulfonamides is 1. The van der Waals surface area contributed by atoms with Crippen LogP contribution in [-0.4, -0.2) is 49.6 Å². The zero-order valence-electron chi connectivity index (χ0n) is 17.9. The molecule has 2 heterocycles. The molecule has 32 heavy (non-hydrogen) atoms. The van der Waals surface area contributed by atoms with Gasteiger partial charge in [0.05, 0.1) is 16.2 Å². The Morgan fingerprint density at radius 3 is 2.69 bits per heavy atom. The summed E-state index contributed by atoms with van der Waals surface area (Å²) in [4.78, 5) is 18.4. The van der Waals surface area contributed by atoms with Gasteiger partial charge in [-0.3, -0.25) is 4.79 Å². The minimum absolute atomic E-state index is 0.122. The maximum absolute atomic E-state index is 13.1. The van der Waals surface area contributed by atoms with Crippen molar-refractivity contribution in [1.29, 1.82) is 0 Å². The number of rotatable bonds is 7. The number of nitrogens with zero attached hydrogens (tertiary/aromatic N) is 2. The minimum atomic E-state index is -3.58. The predicted octanol–water partition coefficient (Wildman–Crippen LogP) is 4.46. The lowest BCUT2D eigenvalue weighted by Crippen LogP contribution is -2.41. The third-order valence-corrected chi connectivity index (χ3v) is 9.24. The SMILES string of the molecule is CCOc1cccc2sc(NC(=O)C3CCN(S(=O)(=O)c4ccccc4SC)CC3)nc12. The van der Waals surface area contributed by atoms with Gasteiger partial charge < -0.3 is 10.1 Å². The van der Waals surface area contributed by atoms with E-state index >= 15 is 0 Å². The third-order valence-electron chi connectivity index (χ3n) is 5.42. The number of amides is 1. The smallest absolute Gasteiger partial charge is 0.244 e. The molecular weight excluding hydrogens is 466 g/mol. The Hall–Kier alpha value is -2.14. The Kier molecular flexibility index (Phi) is 7.04. The molecule has 170 valence electrons. The lowest BCUT2D eigenvalue weighted by atomic mass is 9.97. The summed E-state index contributed by atoms with van der Waals surface area (Å²) in [5.74, 6) is 0.324. The Labute approximate surface area is 196 Å². The fourth-order valence-corrected chi connectivity index (χ4v) is 7.26. The molecule has 1 amide bonds. The van der Waals surface area contributed by atoms with E-state index in [1.807, 2.05) is 43.5 Å². The van der Waals surface area contributed by atoms with Gasteiger partial charge in [-0.05, 0) is 50.3 Å². The zero-order valence-corrected chi connectivity index (χ0v) is 20.4. The van der Waals surface area contributed by atoms with Crippen LogP contribution in [0.1, 0.15) is 19.8 Å². The number of aromatic nitrogens is 1. The Morgan fingerprint density at radius 1 is 1.22 bits per heavy atom. The van der Waals surface area contributed by atoms with Crippen molar-refractivity contribution < 1.29 is 17.9 Å². The minimum Gasteiger partial charge on any atom is -0.492 e. The van der Waals surface area contributed by atoms with Gasteiger partial charge in [0, 0.05) is 23.9 Å². The number of carbonyl (C=O) groups excluding carboxylic acids is 1. The molecule has 0 bridgehead atoms. The molecule has 10 heteroatoms. The average molecular weight is 492 g/mol. The standard InChI is InChI=1S/C22H25N3O4S3/c1-3-29-16-7-6-9-18-20(16)23-22(31-18)24-21(26)15-11-13-25(14-12-15)32(27,28)19-10-5-4-8-17(19)30-2/h4-10,15H,3,11-14H2,1-2H3,(H,23,24,26). The number of piperidine rings is 1. The molecule has 1 N–H and O–H groups in total.